The van der Waals surface area contributed by atoms with Gasteiger partial charge in [-0.1, -0.05) is 27.7 Å². The fourth-order valence-electron chi connectivity index (χ4n) is 2.88. The predicted molar refractivity (Wildman–Crippen MR) is 80.2 cm³/mol. The lowest BCUT2D eigenvalue weighted by Crippen LogP contribution is -2.61. The molecule has 0 bridgehead atoms. The molecule has 2 aliphatic rings. The molecule has 3 atom stereocenters. The molecule has 1 aliphatic carbocycles. The molecule has 3 heteroatoms. The molecule has 1 aliphatic heterocycles. The van der Waals surface area contributed by atoms with Gasteiger partial charge in [0.05, 0.1) is 6.10 Å². The van der Waals surface area contributed by atoms with Gasteiger partial charge in [-0.3, -0.25) is 0 Å². The highest BCUT2D eigenvalue weighted by Crippen LogP contribution is 2.43. The van der Waals surface area contributed by atoms with Gasteiger partial charge < -0.3 is 10.1 Å². The van der Waals surface area contributed by atoms with E-state index in [9.17, 15) is 0 Å². The third-order valence-electron chi connectivity index (χ3n) is 4.49. The van der Waals surface area contributed by atoms with Crippen molar-refractivity contribution in [3.8, 4) is 0 Å². The van der Waals surface area contributed by atoms with Crippen LogP contribution in [0.25, 0.3) is 0 Å². The zero-order valence-electron chi connectivity index (χ0n) is 12.4. The summed E-state index contributed by atoms with van der Waals surface area (Å²) >= 11 is 2.11. The van der Waals surface area contributed by atoms with Crippen molar-refractivity contribution in [1.82, 2.24) is 5.32 Å². The highest BCUT2D eigenvalue weighted by atomic mass is 32.2. The molecule has 0 radical (unpaired) electrons. The normalized spacial score (nSPS) is 34.8. The molecule has 106 valence electrons. The van der Waals surface area contributed by atoms with Gasteiger partial charge in [0.2, 0.25) is 0 Å². The van der Waals surface area contributed by atoms with E-state index in [4.69, 9.17) is 4.74 Å². The molecule has 0 amide bonds. The topological polar surface area (TPSA) is 21.3 Å². The molecule has 1 heterocycles. The van der Waals surface area contributed by atoms with Crippen LogP contribution in [0.2, 0.25) is 0 Å². The van der Waals surface area contributed by atoms with E-state index in [0.29, 0.717) is 23.5 Å². The van der Waals surface area contributed by atoms with E-state index in [1.165, 1.54) is 30.9 Å². The van der Waals surface area contributed by atoms with Gasteiger partial charge in [0.15, 0.2) is 0 Å². The third-order valence-corrected chi connectivity index (χ3v) is 5.72. The Balaban J connectivity index is 1.69. The summed E-state index contributed by atoms with van der Waals surface area (Å²) in [6.45, 7) is 11.3. The van der Waals surface area contributed by atoms with Crippen molar-refractivity contribution in [1.29, 1.82) is 0 Å². The Kier molecular flexibility index (Phi) is 5.01. The maximum absolute atomic E-state index is 6.01. The molecule has 1 saturated heterocycles. The van der Waals surface area contributed by atoms with Crippen LogP contribution >= 0.6 is 11.8 Å². The average molecular weight is 271 g/mol. The number of hydrogen-bond donors (Lipinski definition) is 1. The Morgan fingerprint density at radius 1 is 1.39 bits per heavy atom. The molecule has 3 unspecified atom stereocenters. The van der Waals surface area contributed by atoms with Crippen LogP contribution in [0.3, 0.4) is 0 Å². The first kappa shape index (κ1) is 14.7. The lowest BCUT2D eigenvalue weighted by atomic mass is 9.64. The van der Waals surface area contributed by atoms with Crippen molar-refractivity contribution >= 4 is 11.8 Å². The van der Waals surface area contributed by atoms with Gasteiger partial charge in [0, 0.05) is 18.1 Å². The number of nitrogens with one attached hydrogen (secondary N) is 1. The van der Waals surface area contributed by atoms with Crippen molar-refractivity contribution in [2.75, 3.05) is 24.7 Å². The smallest absolute Gasteiger partial charge is 0.0656 e. The van der Waals surface area contributed by atoms with E-state index in [-0.39, 0.29) is 0 Å². The van der Waals surface area contributed by atoms with Crippen LogP contribution in [-0.4, -0.2) is 36.8 Å². The summed E-state index contributed by atoms with van der Waals surface area (Å²) in [4.78, 5) is 0. The minimum Gasteiger partial charge on any atom is -0.377 e. The minimum atomic E-state index is 0.306. The Morgan fingerprint density at radius 2 is 2.17 bits per heavy atom. The van der Waals surface area contributed by atoms with Crippen molar-refractivity contribution in [2.24, 2.45) is 17.3 Å². The van der Waals surface area contributed by atoms with Crippen LogP contribution in [0.1, 0.15) is 40.5 Å². The van der Waals surface area contributed by atoms with Crippen LogP contribution in [0.15, 0.2) is 0 Å². The van der Waals surface area contributed by atoms with Gasteiger partial charge in [-0.25, -0.2) is 0 Å². The molecule has 2 fully saturated rings. The molecule has 1 N–H and O–H groups in total. The standard InChI is InChI=1S/C15H29NOS/c1-11(2)9-17-14-7-13(15(14,3)4)16-8-12-5-6-18-10-12/h11-14,16H,5-10H2,1-4H3. The number of hydrogen-bond acceptors (Lipinski definition) is 3. The summed E-state index contributed by atoms with van der Waals surface area (Å²) in [5.41, 5.74) is 0.306. The summed E-state index contributed by atoms with van der Waals surface area (Å²) < 4.78 is 6.01. The van der Waals surface area contributed by atoms with Crippen LogP contribution in [0, 0.1) is 17.3 Å². The molecule has 18 heavy (non-hydrogen) atoms. The molecular formula is C15H29NOS. The van der Waals surface area contributed by atoms with Gasteiger partial charge in [0.25, 0.3) is 0 Å². The molecule has 0 aromatic carbocycles. The second kappa shape index (κ2) is 6.15. The summed E-state index contributed by atoms with van der Waals surface area (Å²) in [5.74, 6) is 4.26. The summed E-state index contributed by atoms with van der Waals surface area (Å²) in [6, 6.07) is 0.653. The third kappa shape index (κ3) is 3.43. The van der Waals surface area contributed by atoms with E-state index in [1.807, 2.05) is 0 Å². The highest BCUT2D eigenvalue weighted by molar-refractivity contribution is 7.99. The fourth-order valence-corrected chi connectivity index (χ4v) is 4.16. The molecule has 2 nitrogen and oxygen atoms in total. The van der Waals surface area contributed by atoms with Gasteiger partial charge in [-0.2, -0.15) is 11.8 Å². The predicted octanol–water partition coefficient (Wildman–Crippen LogP) is 3.17. The van der Waals surface area contributed by atoms with Crippen LogP contribution in [-0.2, 0) is 4.74 Å². The number of thioether (sulfide) groups is 1. The Labute approximate surface area is 117 Å². The highest BCUT2D eigenvalue weighted by Gasteiger charge is 2.48. The lowest BCUT2D eigenvalue weighted by Gasteiger charge is -2.52. The first-order chi connectivity index (χ1) is 8.50. The molecule has 0 spiro atoms. The van der Waals surface area contributed by atoms with Crippen LogP contribution < -0.4 is 5.32 Å². The Bertz CT molecular complexity index is 261. The molecule has 0 aromatic heterocycles. The SMILES string of the molecule is CC(C)COC1CC(NCC2CCSC2)C1(C)C. The van der Waals surface area contributed by atoms with E-state index in [2.05, 4.69) is 44.8 Å². The summed E-state index contributed by atoms with van der Waals surface area (Å²) in [5, 5.41) is 3.78. The van der Waals surface area contributed by atoms with Crippen LogP contribution in [0.4, 0.5) is 0 Å². The largest absolute Gasteiger partial charge is 0.377 e. The van der Waals surface area contributed by atoms with E-state index >= 15 is 0 Å². The molecule has 2 rings (SSSR count). The van der Waals surface area contributed by atoms with Crippen molar-refractivity contribution in [3.63, 3.8) is 0 Å². The molecular weight excluding hydrogens is 242 g/mol. The zero-order valence-corrected chi connectivity index (χ0v) is 13.2. The lowest BCUT2D eigenvalue weighted by molar-refractivity contribution is -0.124. The molecule has 1 saturated carbocycles. The van der Waals surface area contributed by atoms with Gasteiger partial charge in [0.1, 0.15) is 0 Å². The summed E-state index contributed by atoms with van der Waals surface area (Å²) in [7, 11) is 0. The second-order valence-corrected chi connectivity index (χ2v) is 8.11. The van der Waals surface area contributed by atoms with E-state index < -0.39 is 0 Å². The number of rotatable bonds is 6. The van der Waals surface area contributed by atoms with E-state index in [0.717, 1.165) is 12.5 Å². The van der Waals surface area contributed by atoms with Gasteiger partial charge in [-0.15, -0.1) is 0 Å². The van der Waals surface area contributed by atoms with Crippen molar-refractivity contribution < 1.29 is 4.74 Å². The van der Waals surface area contributed by atoms with Gasteiger partial charge in [-0.05, 0) is 42.7 Å². The van der Waals surface area contributed by atoms with Crippen molar-refractivity contribution in [3.05, 3.63) is 0 Å². The maximum atomic E-state index is 6.01. The Hall–Kier alpha value is 0.270. The zero-order chi connectivity index (χ0) is 13.2. The average Bonchev–Trinajstić information content (AvgIpc) is 2.79. The quantitative estimate of drug-likeness (QED) is 0.802. The Morgan fingerprint density at radius 3 is 2.72 bits per heavy atom. The maximum Gasteiger partial charge on any atom is 0.0656 e. The molecule has 0 aromatic rings. The number of ether oxygens (including phenoxy) is 1. The first-order valence-electron chi connectivity index (χ1n) is 7.43. The first-order valence-corrected chi connectivity index (χ1v) is 8.58. The second-order valence-electron chi connectivity index (χ2n) is 6.96. The van der Waals surface area contributed by atoms with E-state index in [1.54, 1.807) is 0 Å². The van der Waals surface area contributed by atoms with Crippen molar-refractivity contribution in [2.45, 2.75) is 52.7 Å². The fraction of sp³-hybridized carbons (Fsp3) is 1.00. The van der Waals surface area contributed by atoms with Crippen LogP contribution in [0.5, 0.6) is 0 Å². The van der Waals surface area contributed by atoms with Gasteiger partial charge >= 0.3 is 0 Å². The monoisotopic (exact) mass is 271 g/mol. The summed E-state index contributed by atoms with van der Waals surface area (Å²) in [6.07, 6.45) is 3.05. The minimum absolute atomic E-state index is 0.306.